The first kappa shape index (κ1) is 11.7. The van der Waals surface area contributed by atoms with E-state index in [0.717, 1.165) is 22.1 Å². The van der Waals surface area contributed by atoms with E-state index in [1.165, 1.54) is 0 Å². The molecule has 16 heavy (non-hydrogen) atoms. The topological polar surface area (TPSA) is 37.8 Å². The van der Waals surface area contributed by atoms with Gasteiger partial charge < -0.3 is 5.32 Å². The molecular weight excluding hydrogens is 238 g/mol. The summed E-state index contributed by atoms with van der Waals surface area (Å²) in [4.78, 5) is 9.78. The van der Waals surface area contributed by atoms with Crippen molar-refractivity contribution in [3.8, 4) is 10.6 Å². The molecule has 0 spiro atoms. The predicted molar refractivity (Wildman–Crippen MR) is 69.8 cm³/mol. The van der Waals surface area contributed by atoms with Gasteiger partial charge >= 0.3 is 0 Å². The molecule has 0 aliphatic rings. The van der Waals surface area contributed by atoms with E-state index in [1.54, 1.807) is 22.7 Å². The van der Waals surface area contributed by atoms with Gasteiger partial charge in [0.25, 0.3) is 0 Å². The fourth-order valence-corrected chi connectivity index (χ4v) is 2.58. The molecule has 0 amide bonds. The Hall–Kier alpha value is -0.780. The summed E-state index contributed by atoms with van der Waals surface area (Å²) in [6, 6.07) is 0. The van der Waals surface area contributed by atoms with Gasteiger partial charge in [0, 0.05) is 23.7 Å². The maximum Gasteiger partial charge on any atom is 0.107 e. The normalized spacial score (nSPS) is 11.9. The van der Waals surface area contributed by atoms with Crippen LogP contribution in [0.25, 0.3) is 10.6 Å². The van der Waals surface area contributed by atoms with Gasteiger partial charge in [0.1, 0.15) is 5.01 Å². The zero-order valence-corrected chi connectivity index (χ0v) is 11.3. The highest BCUT2D eigenvalue weighted by atomic mass is 32.1. The van der Waals surface area contributed by atoms with E-state index in [1.807, 2.05) is 11.7 Å². The molecule has 3 nitrogen and oxygen atoms in total. The van der Waals surface area contributed by atoms with Crippen LogP contribution in [0.5, 0.6) is 0 Å². The highest BCUT2D eigenvalue weighted by molar-refractivity contribution is 7.14. The quantitative estimate of drug-likeness (QED) is 0.913. The zero-order chi connectivity index (χ0) is 11.6. The van der Waals surface area contributed by atoms with Gasteiger partial charge in [-0.3, -0.25) is 4.98 Å². The minimum atomic E-state index is 0.135. The van der Waals surface area contributed by atoms with Crippen molar-refractivity contribution in [3.05, 3.63) is 22.1 Å². The Morgan fingerprint density at radius 2 is 2.12 bits per heavy atom. The van der Waals surface area contributed by atoms with E-state index >= 15 is 0 Å². The van der Waals surface area contributed by atoms with Crippen LogP contribution < -0.4 is 5.32 Å². The average molecular weight is 253 g/mol. The maximum absolute atomic E-state index is 4.58. The standard InChI is InChI=1S/C11H15N3S2/c1-11(2,3)13-5-10-14-8(6-15-10)9-4-12-7-16-9/h4,6-7,13H,5H2,1-3H3. The molecule has 0 fully saturated rings. The smallest absolute Gasteiger partial charge is 0.107 e. The first-order valence-corrected chi connectivity index (χ1v) is 6.89. The number of thiazole rings is 2. The Balaban J connectivity index is 2.03. The Morgan fingerprint density at radius 1 is 1.31 bits per heavy atom. The number of hydrogen-bond acceptors (Lipinski definition) is 5. The van der Waals surface area contributed by atoms with Crippen LogP contribution in [0, 0.1) is 0 Å². The summed E-state index contributed by atoms with van der Waals surface area (Å²) in [5.41, 5.74) is 3.01. The summed E-state index contributed by atoms with van der Waals surface area (Å²) in [7, 11) is 0. The second-order valence-electron chi connectivity index (χ2n) is 4.60. The van der Waals surface area contributed by atoms with Gasteiger partial charge in [-0.1, -0.05) is 0 Å². The van der Waals surface area contributed by atoms with Gasteiger partial charge in [-0.05, 0) is 20.8 Å². The first-order chi connectivity index (χ1) is 7.54. The third kappa shape index (κ3) is 3.10. The lowest BCUT2D eigenvalue weighted by molar-refractivity contribution is 0.424. The fourth-order valence-electron chi connectivity index (χ4n) is 1.19. The fraction of sp³-hybridized carbons (Fsp3) is 0.455. The van der Waals surface area contributed by atoms with Crippen molar-refractivity contribution in [3.63, 3.8) is 0 Å². The lowest BCUT2D eigenvalue weighted by atomic mass is 10.1. The molecule has 0 unspecified atom stereocenters. The largest absolute Gasteiger partial charge is 0.306 e. The summed E-state index contributed by atoms with van der Waals surface area (Å²) in [6.07, 6.45) is 1.86. The molecule has 2 aromatic rings. The predicted octanol–water partition coefficient (Wildman–Crippen LogP) is 3.15. The van der Waals surface area contributed by atoms with E-state index in [0.29, 0.717) is 0 Å². The molecule has 0 radical (unpaired) electrons. The van der Waals surface area contributed by atoms with Gasteiger partial charge in [0.15, 0.2) is 0 Å². The minimum absolute atomic E-state index is 0.135. The average Bonchev–Trinajstić information content (AvgIpc) is 2.84. The van der Waals surface area contributed by atoms with Crippen molar-refractivity contribution in [1.29, 1.82) is 0 Å². The molecular formula is C11H15N3S2. The van der Waals surface area contributed by atoms with Gasteiger partial charge in [0.2, 0.25) is 0 Å². The van der Waals surface area contributed by atoms with Crippen molar-refractivity contribution in [2.24, 2.45) is 0 Å². The number of nitrogens with one attached hydrogen (secondary N) is 1. The van der Waals surface area contributed by atoms with Gasteiger partial charge in [-0.2, -0.15) is 0 Å². The minimum Gasteiger partial charge on any atom is -0.306 e. The molecule has 0 saturated heterocycles. The first-order valence-electron chi connectivity index (χ1n) is 5.13. The van der Waals surface area contributed by atoms with E-state index in [-0.39, 0.29) is 5.54 Å². The van der Waals surface area contributed by atoms with Crippen molar-refractivity contribution in [1.82, 2.24) is 15.3 Å². The van der Waals surface area contributed by atoms with Crippen molar-refractivity contribution in [2.45, 2.75) is 32.9 Å². The molecule has 0 atom stereocenters. The van der Waals surface area contributed by atoms with Crippen LogP contribution in [0.2, 0.25) is 0 Å². The Kier molecular flexibility index (Phi) is 3.37. The SMILES string of the molecule is CC(C)(C)NCc1nc(-c2cncs2)cs1. The molecule has 2 rings (SSSR count). The third-order valence-electron chi connectivity index (χ3n) is 2.01. The number of nitrogens with zero attached hydrogens (tertiary/aromatic N) is 2. The second-order valence-corrected chi connectivity index (χ2v) is 6.42. The lowest BCUT2D eigenvalue weighted by Gasteiger charge is -2.19. The number of rotatable bonds is 3. The molecule has 0 aliphatic carbocycles. The lowest BCUT2D eigenvalue weighted by Crippen LogP contribution is -2.34. The molecule has 2 aromatic heterocycles. The van der Waals surface area contributed by atoms with Crippen LogP contribution in [0.15, 0.2) is 17.1 Å². The molecule has 0 saturated carbocycles. The highest BCUT2D eigenvalue weighted by Crippen LogP contribution is 2.24. The molecule has 5 heteroatoms. The summed E-state index contributed by atoms with van der Waals surface area (Å²) in [6.45, 7) is 7.30. The van der Waals surface area contributed by atoms with Crippen LogP contribution in [0.4, 0.5) is 0 Å². The number of aromatic nitrogens is 2. The zero-order valence-electron chi connectivity index (χ0n) is 9.65. The van der Waals surface area contributed by atoms with Crippen LogP contribution >= 0.6 is 22.7 Å². The Labute approximate surface area is 104 Å². The van der Waals surface area contributed by atoms with Crippen molar-refractivity contribution in [2.75, 3.05) is 0 Å². The van der Waals surface area contributed by atoms with Crippen LogP contribution in [0.1, 0.15) is 25.8 Å². The summed E-state index contributed by atoms with van der Waals surface area (Å²) in [5.74, 6) is 0. The highest BCUT2D eigenvalue weighted by Gasteiger charge is 2.11. The van der Waals surface area contributed by atoms with Gasteiger partial charge in [-0.15, -0.1) is 22.7 Å². The van der Waals surface area contributed by atoms with Gasteiger partial charge in [0.05, 0.1) is 16.1 Å². The molecule has 0 bridgehead atoms. The van der Waals surface area contributed by atoms with Crippen molar-refractivity contribution >= 4 is 22.7 Å². The summed E-state index contributed by atoms with van der Waals surface area (Å²) < 4.78 is 0. The molecule has 86 valence electrons. The molecule has 0 aliphatic heterocycles. The van der Waals surface area contributed by atoms with Crippen LogP contribution in [-0.4, -0.2) is 15.5 Å². The maximum atomic E-state index is 4.58. The summed E-state index contributed by atoms with van der Waals surface area (Å²) in [5, 5.41) is 6.65. The number of hydrogen-bond donors (Lipinski definition) is 1. The molecule has 0 aromatic carbocycles. The second kappa shape index (κ2) is 4.61. The summed E-state index contributed by atoms with van der Waals surface area (Å²) >= 11 is 3.32. The molecule has 1 N–H and O–H groups in total. The van der Waals surface area contributed by atoms with Crippen LogP contribution in [-0.2, 0) is 6.54 Å². The van der Waals surface area contributed by atoms with Crippen LogP contribution in [0.3, 0.4) is 0 Å². The third-order valence-corrected chi connectivity index (χ3v) is 3.65. The van der Waals surface area contributed by atoms with Gasteiger partial charge in [-0.25, -0.2) is 4.98 Å². The Morgan fingerprint density at radius 3 is 2.75 bits per heavy atom. The molecule has 2 heterocycles. The van der Waals surface area contributed by atoms with E-state index in [2.05, 4.69) is 41.4 Å². The monoisotopic (exact) mass is 253 g/mol. The van der Waals surface area contributed by atoms with Crippen molar-refractivity contribution < 1.29 is 0 Å². The van der Waals surface area contributed by atoms with E-state index in [4.69, 9.17) is 0 Å². The Bertz CT molecular complexity index is 440. The van der Waals surface area contributed by atoms with E-state index in [9.17, 15) is 0 Å². The van der Waals surface area contributed by atoms with E-state index < -0.39 is 0 Å².